The van der Waals surface area contributed by atoms with Gasteiger partial charge in [0.1, 0.15) is 11.6 Å². The maximum Gasteiger partial charge on any atom is 0.137 e. The molecule has 2 N–H and O–H groups in total. The van der Waals surface area contributed by atoms with E-state index in [1.54, 1.807) is 24.3 Å². The van der Waals surface area contributed by atoms with Gasteiger partial charge in [0.15, 0.2) is 0 Å². The van der Waals surface area contributed by atoms with Crippen molar-refractivity contribution in [2.45, 2.75) is 12.5 Å². The predicted octanol–water partition coefficient (Wildman–Crippen LogP) is 3.97. The number of benzene rings is 2. The van der Waals surface area contributed by atoms with E-state index in [1.165, 1.54) is 18.2 Å². The molecule has 0 amide bonds. The van der Waals surface area contributed by atoms with Crippen LogP contribution in [0.4, 0.5) is 8.78 Å². The average molecular weight is 312 g/mol. The fourth-order valence-corrected chi connectivity index (χ4v) is 2.20. The largest absolute Gasteiger partial charge is 0.324 e. The Balaban J connectivity index is 2.16. The van der Waals surface area contributed by atoms with Gasteiger partial charge in [0, 0.05) is 6.04 Å². The summed E-state index contributed by atoms with van der Waals surface area (Å²) in [4.78, 5) is 0. The maximum absolute atomic E-state index is 13.1. The molecule has 2 aromatic carbocycles. The van der Waals surface area contributed by atoms with E-state index in [1.807, 2.05) is 0 Å². The molecule has 0 aliphatic heterocycles. The Morgan fingerprint density at radius 1 is 1.11 bits per heavy atom. The molecule has 0 aromatic heterocycles. The lowest BCUT2D eigenvalue weighted by atomic mass is 10.00. The van der Waals surface area contributed by atoms with Crippen molar-refractivity contribution in [1.82, 2.24) is 0 Å². The molecule has 1 atom stereocenters. The topological polar surface area (TPSA) is 26.0 Å². The molecular weight excluding hydrogens is 300 g/mol. The number of halogens is 3. The van der Waals surface area contributed by atoms with Crippen LogP contribution in [0, 0.1) is 11.6 Å². The fraction of sp³-hybridized carbons (Fsp3) is 0.143. The minimum absolute atomic E-state index is 0.303. The zero-order chi connectivity index (χ0) is 13.1. The van der Waals surface area contributed by atoms with Gasteiger partial charge in [-0.05, 0) is 57.7 Å². The number of hydrogen-bond acceptors (Lipinski definition) is 1. The molecule has 4 heteroatoms. The van der Waals surface area contributed by atoms with Crippen LogP contribution < -0.4 is 5.73 Å². The van der Waals surface area contributed by atoms with Gasteiger partial charge in [0.2, 0.25) is 0 Å². The van der Waals surface area contributed by atoms with Gasteiger partial charge in [-0.25, -0.2) is 8.78 Å². The van der Waals surface area contributed by atoms with Crippen molar-refractivity contribution in [2.75, 3.05) is 0 Å². The molecule has 0 bridgehead atoms. The van der Waals surface area contributed by atoms with E-state index in [2.05, 4.69) is 15.9 Å². The summed E-state index contributed by atoms with van der Waals surface area (Å²) >= 11 is 3.13. The molecule has 0 radical (unpaired) electrons. The molecule has 0 spiro atoms. The van der Waals surface area contributed by atoms with Crippen LogP contribution in [0.1, 0.15) is 17.2 Å². The van der Waals surface area contributed by atoms with E-state index in [9.17, 15) is 8.78 Å². The highest BCUT2D eigenvalue weighted by atomic mass is 79.9. The van der Waals surface area contributed by atoms with Crippen molar-refractivity contribution < 1.29 is 8.78 Å². The summed E-state index contributed by atoms with van der Waals surface area (Å²) in [5.41, 5.74) is 7.64. The Labute approximate surface area is 113 Å². The van der Waals surface area contributed by atoms with Gasteiger partial charge in [-0.15, -0.1) is 0 Å². The van der Waals surface area contributed by atoms with Gasteiger partial charge in [-0.3, -0.25) is 0 Å². The summed E-state index contributed by atoms with van der Waals surface area (Å²) in [7, 11) is 0. The highest BCUT2D eigenvalue weighted by Gasteiger charge is 2.09. The van der Waals surface area contributed by atoms with E-state index in [4.69, 9.17) is 5.73 Å². The van der Waals surface area contributed by atoms with Gasteiger partial charge < -0.3 is 5.73 Å². The highest BCUT2D eigenvalue weighted by molar-refractivity contribution is 9.10. The highest BCUT2D eigenvalue weighted by Crippen LogP contribution is 2.21. The summed E-state index contributed by atoms with van der Waals surface area (Å²) in [6, 6.07) is 10.7. The first-order valence-corrected chi connectivity index (χ1v) is 6.30. The summed E-state index contributed by atoms with van der Waals surface area (Å²) < 4.78 is 26.6. The van der Waals surface area contributed by atoms with Crippen molar-refractivity contribution in [3.63, 3.8) is 0 Å². The number of nitrogens with two attached hydrogens (primary N) is 1. The first kappa shape index (κ1) is 13.2. The van der Waals surface area contributed by atoms with Gasteiger partial charge in [-0.2, -0.15) is 0 Å². The number of rotatable bonds is 3. The van der Waals surface area contributed by atoms with Crippen molar-refractivity contribution in [3.05, 3.63) is 69.7 Å². The van der Waals surface area contributed by atoms with E-state index in [0.717, 1.165) is 11.1 Å². The van der Waals surface area contributed by atoms with Gasteiger partial charge >= 0.3 is 0 Å². The van der Waals surface area contributed by atoms with Crippen molar-refractivity contribution >= 4 is 15.9 Å². The normalized spacial score (nSPS) is 12.4. The first-order chi connectivity index (χ1) is 8.56. The summed E-state index contributed by atoms with van der Waals surface area (Å²) in [5, 5.41) is 0. The fourth-order valence-electron chi connectivity index (χ4n) is 1.78. The average Bonchev–Trinajstić information content (AvgIpc) is 2.34. The SMILES string of the molecule is NC(Cc1ccc(F)c(Br)c1)c1cccc(F)c1. The van der Waals surface area contributed by atoms with Crippen molar-refractivity contribution in [2.24, 2.45) is 5.73 Å². The second-order valence-electron chi connectivity index (χ2n) is 4.11. The quantitative estimate of drug-likeness (QED) is 0.912. The molecule has 1 unspecified atom stereocenters. The second-order valence-corrected chi connectivity index (χ2v) is 4.97. The molecule has 0 saturated carbocycles. The third kappa shape index (κ3) is 3.15. The van der Waals surface area contributed by atoms with Gasteiger partial charge in [-0.1, -0.05) is 18.2 Å². The molecule has 0 fully saturated rings. The minimum Gasteiger partial charge on any atom is -0.324 e. The Bertz CT molecular complexity index is 557. The van der Waals surface area contributed by atoms with E-state index in [-0.39, 0.29) is 17.7 Å². The number of hydrogen-bond donors (Lipinski definition) is 1. The molecule has 1 nitrogen and oxygen atoms in total. The van der Waals surface area contributed by atoms with Gasteiger partial charge in [0.05, 0.1) is 4.47 Å². The zero-order valence-electron chi connectivity index (χ0n) is 9.54. The van der Waals surface area contributed by atoms with E-state index < -0.39 is 0 Å². The molecule has 0 aliphatic rings. The van der Waals surface area contributed by atoms with Crippen LogP contribution in [0.2, 0.25) is 0 Å². The Kier molecular flexibility index (Phi) is 4.09. The summed E-state index contributed by atoms with van der Waals surface area (Å²) in [5.74, 6) is -0.610. The van der Waals surface area contributed by atoms with Crippen LogP contribution in [0.5, 0.6) is 0 Å². The van der Waals surface area contributed by atoms with Crippen LogP contribution in [0.15, 0.2) is 46.9 Å². The van der Waals surface area contributed by atoms with Crippen LogP contribution in [0.25, 0.3) is 0 Å². The lowest BCUT2D eigenvalue weighted by Crippen LogP contribution is -2.13. The molecule has 2 rings (SSSR count). The lowest BCUT2D eigenvalue weighted by Gasteiger charge is -2.12. The molecule has 2 aromatic rings. The van der Waals surface area contributed by atoms with Gasteiger partial charge in [0.25, 0.3) is 0 Å². The Hall–Kier alpha value is -1.26. The maximum atomic E-state index is 13.1. The molecular formula is C14H12BrF2N. The first-order valence-electron chi connectivity index (χ1n) is 5.51. The van der Waals surface area contributed by atoms with Crippen molar-refractivity contribution in [3.8, 4) is 0 Å². The molecule has 0 aliphatic carbocycles. The zero-order valence-corrected chi connectivity index (χ0v) is 11.1. The molecule has 0 heterocycles. The van der Waals surface area contributed by atoms with Crippen LogP contribution in [0.3, 0.4) is 0 Å². The smallest absolute Gasteiger partial charge is 0.137 e. The molecule has 94 valence electrons. The van der Waals surface area contributed by atoms with Crippen molar-refractivity contribution in [1.29, 1.82) is 0 Å². The monoisotopic (exact) mass is 311 g/mol. The standard InChI is InChI=1S/C14H12BrF2N/c15-12-6-9(4-5-13(12)17)7-14(18)10-2-1-3-11(16)8-10/h1-6,8,14H,7,18H2. The summed E-state index contributed by atoms with van der Waals surface area (Å²) in [6.07, 6.45) is 0.530. The summed E-state index contributed by atoms with van der Waals surface area (Å²) in [6.45, 7) is 0. The molecule has 18 heavy (non-hydrogen) atoms. The third-order valence-electron chi connectivity index (χ3n) is 2.72. The van der Waals surface area contributed by atoms with Crippen LogP contribution >= 0.6 is 15.9 Å². The Morgan fingerprint density at radius 2 is 1.89 bits per heavy atom. The van der Waals surface area contributed by atoms with E-state index in [0.29, 0.717) is 10.9 Å². The predicted molar refractivity (Wildman–Crippen MR) is 71.1 cm³/mol. The Morgan fingerprint density at radius 3 is 2.56 bits per heavy atom. The molecule has 0 saturated heterocycles. The van der Waals surface area contributed by atoms with E-state index >= 15 is 0 Å². The third-order valence-corrected chi connectivity index (χ3v) is 3.32. The van der Waals surface area contributed by atoms with Crippen LogP contribution in [-0.4, -0.2) is 0 Å². The minimum atomic E-state index is -0.307. The lowest BCUT2D eigenvalue weighted by molar-refractivity contribution is 0.615. The van der Waals surface area contributed by atoms with Crippen LogP contribution in [-0.2, 0) is 6.42 Å². The second kappa shape index (κ2) is 5.59.